The van der Waals surface area contributed by atoms with E-state index in [9.17, 15) is 4.79 Å². The molecular weight excluding hydrogens is 380 g/mol. The number of nitrogens with one attached hydrogen (secondary N) is 2. The summed E-state index contributed by atoms with van der Waals surface area (Å²) in [5.74, 6) is 0.914. The summed E-state index contributed by atoms with van der Waals surface area (Å²) in [5.41, 5.74) is 2.59. The molecule has 0 aliphatic heterocycles. The molecule has 0 saturated carbocycles. The summed E-state index contributed by atoms with van der Waals surface area (Å²) in [7, 11) is 2.98. The van der Waals surface area contributed by atoms with Gasteiger partial charge in [-0.3, -0.25) is 4.79 Å². The Morgan fingerprint density at radius 2 is 1.82 bits per heavy atom. The number of carbonyl (C=O) groups is 1. The van der Waals surface area contributed by atoms with Crippen LogP contribution in [0.2, 0.25) is 5.02 Å². The van der Waals surface area contributed by atoms with Crippen LogP contribution >= 0.6 is 11.6 Å². The molecule has 0 bridgehead atoms. The van der Waals surface area contributed by atoms with E-state index in [-0.39, 0.29) is 5.69 Å². The Balaban J connectivity index is 1.82. The molecule has 2 aromatic carbocycles. The van der Waals surface area contributed by atoms with E-state index in [4.69, 9.17) is 21.1 Å². The van der Waals surface area contributed by atoms with E-state index in [2.05, 4.69) is 20.6 Å². The summed E-state index contributed by atoms with van der Waals surface area (Å²) in [6.07, 6.45) is 1.33. The minimum Gasteiger partial charge on any atom is -0.495 e. The van der Waals surface area contributed by atoms with E-state index in [0.717, 1.165) is 11.3 Å². The Hall–Kier alpha value is -3.32. The van der Waals surface area contributed by atoms with Crippen molar-refractivity contribution in [3.8, 4) is 11.5 Å². The third kappa shape index (κ3) is 4.50. The topological polar surface area (TPSA) is 85.4 Å². The maximum atomic E-state index is 12.7. The lowest BCUT2D eigenvalue weighted by atomic mass is 10.2. The summed E-state index contributed by atoms with van der Waals surface area (Å²) in [6, 6.07) is 12.6. The summed E-state index contributed by atoms with van der Waals surface area (Å²) in [6.45, 7) is 2.00. The number of hydrogen-bond donors (Lipinski definition) is 2. The number of halogens is 1. The summed E-state index contributed by atoms with van der Waals surface area (Å²) < 4.78 is 10.5. The molecule has 3 aromatic rings. The average molecular weight is 399 g/mol. The minimum atomic E-state index is -0.419. The molecule has 1 heterocycles. The molecule has 28 heavy (non-hydrogen) atoms. The van der Waals surface area contributed by atoms with Gasteiger partial charge >= 0.3 is 0 Å². The number of rotatable bonds is 6. The van der Waals surface area contributed by atoms with Crippen LogP contribution in [0.1, 0.15) is 16.1 Å². The molecule has 0 saturated heterocycles. The van der Waals surface area contributed by atoms with Crippen LogP contribution in [0.3, 0.4) is 0 Å². The van der Waals surface area contributed by atoms with Gasteiger partial charge in [-0.2, -0.15) is 0 Å². The van der Waals surface area contributed by atoms with Gasteiger partial charge in [0.05, 0.1) is 24.9 Å². The molecule has 1 amide bonds. The minimum absolute atomic E-state index is 0.195. The van der Waals surface area contributed by atoms with Gasteiger partial charge in [0.15, 0.2) is 0 Å². The van der Waals surface area contributed by atoms with Crippen molar-refractivity contribution in [3.63, 3.8) is 0 Å². The number of benzene rings is 2. The number of nitrogens with zero attached hydrogens (tertiary/aromatic N) is 2. The Morgan fingerprint density at radius 1 is 1.04 bits per heavy atom. The van der Waals surface area contributed by atoms with Crippen LogP contribution in [0.15, 0.2) is 48.8 Å². The SMILES string of the molecule is COc1cc(NC(=O)c2cc(Nc3cccc(C)c3)ncn2)c(OC)cc1Cl. The largest absolute Gasteiger partial charge is 0.495 e. The molecule has 1 aromatic heterocycles. The highest BCUT2D eigenvalue weighted by Gasteiger charge is 2.15. The van der Waals surface area contributed by atoms with Gasteiger partial charge in [-0.25, -0.2) is 9.97 Å². The first-order valence-electron chi connectivity index (χ1n) is 8.38. The average Bonchev–Trinajstić information content (AvgIpc) is 2.69. The zero-order valence-corrected chi connectivity index (χ0v) is 16.4. The van der Waals surface area contributed by atoms with E-state index in [1.807, 2.05) is 31.2 Å². The number of anilines is 3. The van der Waals surface area contributed by atoms with Crippen LogP contribution in [0.25, 0.3) is 0 Å². The van der Waals surface area contributed by atoms with Crippen molar-refractivity contribution >= 4 is 34.7 Å². The maximum Gasteiger partial charge on any atom is 0.274 e. The zero-order chi connectivity index (χ0) is 20.1. The number of hydrogen-bond acceptors (Lipinski definition) is 6. The maximum absolute atomic E-state index is 12.7. The smallest absolute Gasteiger partial charge is 0.274 e. The van der Waals surface area contributed by atoms with Gasteiger partial charge in [-0.05, 0) is 24.6 Å². The highest BCUT2D eigenvalue weighted by atomic mass is 35.5. The lowest BCUT2D eigenvalue weighted by Gasteiger charge is -2.13. The van der Waals surface area contributed by atoms with Crippen molar-refractivity contribution < 1.29 is 14.3 Å². The molecule has 0 unspecified atom stereocenters. The van der Waals surface area contributed by atoms with Gasteiger partial charge in [0, 0.05) is 23.9 Å². The van der Waals surface area contributed by atoms with E-state index in [1.54, 1.807) is 18.2 Å². The Labute approximate surface area is 167 Å². The number of ether oxygens (including phenoxy) is 2. The summed E-state index contributed by atoms with van der Waals surface area (Å²) in [4.78, 5) is 20.9. The molecule has 0 radical (unpaired) electrons. The van der Waals surface area contributed by atoms with Crippen molar-refractivity contribution in [2.24, 2.45) is 0 Å². The number of aryl methyl sites for hydroxylation is 1. The quantitative estimate of drug-likeness (QED) is 0.638. The Morgan fingerprint density at radius 3 is 2.54 bits per heavy atom. The summed E-state index contributed by atoms with van der Waals surface area (Å²) in [5, 5.41) is 6.30. The van der Waals surface area contributed by atoms with Crippen LogP contribution in [-0.2, 0) is 0 Å². The molecule has 3 rings (SSSR count). The molecule has 2 N–H and O–H groups in total. The molecule has 0 atom stereocenters. The monoisotopic (exact) mass is 398 g/mol. The first-order valence-corrected chi connectivity index (χ1v) is 8.76. The number of amides is 1. The third-order valence-corrected chi connectivity index (χ3v) is 4.21. The second-order valence-corrected chi connectivity index (χ2v) is 6.33. The molecular formula is C20H19ClN4O3. The molecule has 7 nitrogen and oxygen atoms in total. The zero-order valence-electron chi connectivity index (χ0n) is 15.6. The lowest BCUT2D eigenvalue weighted by Crippen LogP contribution is -2.15. The fraction of sp³-hybridized carbons (Fsp3) is 0.150. The standard InChI is InChI=1S/C20H19ClN4O3/c1-12-5-4-6-13(7-12)24-19-10-16(22-11-23-19)20(26)25-15-9-17(27-2)14(21)8-18(15)28-3/h4-11H,1-3H3,(H,25,26)(H,22,23,24). The van der Waals surface area contributed by atoms with Gasteiger partial charge in [0.25, 0.3) is 5.91 Å². The van der Waals surface area contributed by atoms with Crippen LogP contribution in [0, 0.1) is 6.92 Å². The van der Waals surface area contributed by atoms with E-state index in [0.29, 0.717) is 28.0 Å². The third-order valence-electron chi connectivity index (χ3n) is 3.91. The molecule has 0 aliphatic carbocycles. The van der Waals surface area contributed by atoms with Gasteiger partial charge in [-0.15, -0.1) is 0 Å². The van der Waals surface area contributed by atoms with Crippen molar-refractivity contribution in [2.75, 3.05) is 24.9 Å². The number of aromatic nitrogens is 2. The van der Waals surface area contributed by atoms with Gasteiger partial charge in [0.2, 0.25) is 0 Å². The molecule has 0 aliphatic rings. The van der Waals surface area contributed by atoms with Crippen LogP contribution < -0.4 is 20.1 Å². The van der Waals surface area contributed by atoms with Gasteiger partial charge in [-0.1, -0.05) is 23.7 Å². The molecule has 0 fully saturated rings. The fourth-order valence-electron chi connectivity index (χ4n) is 2.57. The lowest BCUT2D eigenvalue weighted by molar-refractivity contribution is 0.102. The highest BCUT2D eigenvalue weighted by molar-refractivity contribution is 6.32. The predicted molar refractivity (Wildman–Crippen MR) is 109 cm³/mol. The second kappa shape index (κ2) is 8.58. The fourth-order valence-corrected chi connectivity index (χ4v) is 2.80. The van der Waals surface area contributed by atoms with Gasteiger partial charge < -0.3 is 20.1 Å². The Kier molecular flexibility index (Phi) is 5.96. The van der Waals surface area contributed by atoms with E-state index < -0.39 is 5.91 Å². The first kappa shape index (κ1) is 19.4. The van der Waals surface area contributed by atoms with E-state index in [1.165, 1.54) is 20.5 Å². The van der Waals surface area contributed by atoms with E-state index >= 15 is 0 Å². The van der Waals surface area contributed by atoms with Crippen molar-refractivity contribution in [3.05, 3.63) is 65.1 Å². The van der Waals surface area contributed by atoms with Crippen LogP contribution in [-0.4, -0.2) is 30.1 Å². The highest BCUT2D eigenvalue weighted by Crippen LogP contribution is 2.36. The molecule has 144 valence electrons. The second-order valence-electron chi connectivity index (χ2n) is 5.92. The Bertz CT molecular complexity index is 1010. The van der Waals surface area contributed by atoms with Crippen molar-refractivity contribution in [2.45, 2.75) is 6.92 Å². The summed E-state index contributed by atoms with van der Waals surface area (Å²) >= 11 is 6.10. The van der Waals surface area contributed by atoms with Crippen molar-refractivity contribution in [1.82, 2.24) is 9.97 Å². The normalized spacial score (nSPS) is 10.3. The number of methoxy groups -OCH3 is 2. The van der Waals surface area contributed by atoms with Crippen LogP contribution in [0.4, 0.5) is 17.2 Å². The first-order chi connectivity index (χ1) is 13.5. The van der Waals surface area contributed by atoms with Crippen LogP contribution in [0.5, 0.6) is 11.5 Å². The van der Waals surface area contributed by atoms with Crippen molar-refractivity contribution in [1.29, 1.82) is 0 Å². The molecule has 0 spiro atoms. The molecule has 8 heteroatoms. The van der Waals surface area contributed by atoms with Gasteiger partial charge in [0.1, 0.15) is 29.3 Å². The predicted octanol–water partition coefficient (Wildman–Crippen LogP) is 4.45. The number of carbonyl (C=O) groups excluding carboxylic acids is 1.